The van der Waals surface area contributed by atoms with Crippen LogP contribution < -0.4 is 10.9 Å². The molecule has 1 aromatic rings. The maximum atomic E-state index is 11.5. The van der Waals surface area contributed by atoms with E-state index in [9.17, 15) is 9.59 Å². The predicted octanol–water partition coefficient (Wildman–Crippen LogP) is 0.553. The lowest BCUT2D eigenvalue weighted by Gasteiger charge is -2.13. The van der Waals surface area contributed by atoms with Crippen LogP contribution in [0.25, 0.3) is 0 Å². The van der Waals surface area contributed by atoms with E-state index in [1.165, 1.54) is 11.8 Å². The van der Waals surface area contributed by atoms with Crippen LogP contribution in [0.3, 0.4) is 0 Å². The SMILES string of the molecule is O=C1CSc2ccccc2C(=O)NN1. The molecule has 14 heavy (non-hydrogen) atoms. The topological polar surface area (TPSA) is 58.2 Å². The molecule has 0 unspecified atom stereocenters. The van der Waals surface area contributed by atoms with Crippen LogP contribution in [0.2, 0.25) is 0 Å². The normalized spacial score (nSPS) is 16.0. The van der Waals surface area contributed by atoms with Crippen molar-refractivity contribution in [2.75, 3.05) is 5.75 Å². The number of hydrazine groups is 1. The monoisotopic (exact) mass is 208 g/mol. The summed E-state index contributed by atoms with van der Waals surface area (Å²) < 4.78 is 0. The molecule has 0 saturated carbocycles. The molecule has 1 aliphatic rings. The Morgan fingerprint density at radius 3 is 2.79 bits per heavy atom. The van der Waals surface area contributed by atoms with E-state index in [0.717, 1.165) is 4.90 Å². The highest BCUT2D eigenvalue weighted by Gasteiger charge is 2.16. The highest BCUT2D eigenvalue weighted by atomic mass is 32.2. The van der Waals surface area contributed by atoms with Crippen LogP contribution in [0.5, 0.6) is 0 Å². The number of thioether (sulfide) groups is 1. The van der Waals surface area contributed by atoms with Crippen molar-refractivity contribution >= 4 is 23.6 Å². The number of nitrogens with one attached hydrogen (secondary N) is 2. The molecule has 4 nitrogen and oxygen atoms in total. The zero-order valence-electron chi connectivity index (χ0n) is 7.24. The number of hydrogen-bond donors (Lipinski definition) is 2. The van der Waals surface area contributed by atoms with E-state index in [0.29, 0.717) is 11.3 Å². The lowest BCUT2D eigenvalue weighted by atomic mass is 10.2. The van der Waals surface area contributed by atoms with E-state index in [4.69, 9.17) is 0 Å². The maximum Gasteiger partial charge on any atom is 0.270 e. The molecular formula is C9H8N2O2S. The summed E-state index contributed by atoms with van der Waals surface area (Å²) >= 11 is 1.36. The van der Waals surface area contributed by atoms with Gasteiger partial charge in [0.05, 0.1) is 11.3 Å². The van der Waals surface area contributed by atoms with Crippen LogP contribution in [0, 0.1) is 0 Å². The van der Waals surface area contributed by atoms with E-state index >= 15 is 0 Å². The van der Waals surface area contributed by atoms with Gasteiger partial charge in [0.25, 0.3) is 5.91 Å². The molecule has 72 valence electrons. The van der Waals surface area contributed by atoms with Gasteiger partial charge >= 0.3 is 0 Å². The third-order valence-electron chi connectivity index (χ3n) is 1.81. The number of carbonyl (C=O) groups excluding carboxylic acids is 2. The zero-order chi connectivity index (χ0) is 9.97. The number of amides is 2. The Morgan fingerprint density at radius 1 is 1.14 bits per heavy atom. The van der Waals surface area contributed by atoms with Crippen molar-refractivity contribution in [1.29, 1.82) is 0 Å². The Labute approximate surface area is 85.0 Å². The maximum absolute atomic E-state index is 11.5. The van der Waals surface area contributed by atoms with Crippen LogP contribution in [-0.2, 0) is 4.79 Å². The quantitative estimate of drug-likeness (QED) is 0.654. The van der Waals surface area contributed by atoms with Crippen molar-refractivity contribution in [2.45, 2.75) is 4.90 Å². The summed E-state index contributed by atoms with van der Waals surface area (Å²) in [6, 6.07) is 7.20. The van der Waals surface area contributed by atoms with Gasteiger partial charge in [0, 0.05) is 4.90 Å². The summed E-state index contributed by atoms with van der Waals surface area (Å²) in [5.41, 5.74) is 5.25. The van der Waals surface area contributed by atoms with Crippen LogP contribution in [0.4, 0.5) is 0 Å². The van der Waals surface area contributed by atoms with Crippen LogP contribution in [-0.4, -0.2) is 17.6 Å². The van der Waals surface area contributed by atoms with Crippen molar-refractivity contribution in [3.63, 3.8) is 0 Å². The minimum atomic E-state index is -0.277. The van der Waals surface area contributed by atoms with E-state index in [-0.39, 0.29) is 11.8 Å². The molecule has 2 N–H and O–H groups in total. The molecule has 0 radical (unpaired) electrons. The molecule has 0 aromatic heterocycles. The van der Waals surface area contributed by atoms with Gasteiger partial charge < -0.3 is 0 Å². The van der Waals surface area contributed by atoms with Crippen LogP contribution in [0.15, 0.2) is 29.2 Å². The Kier molecular flexibility index (Phi) is 2.41. The van der Waals surface area contributed by atoms with Gasteiger partial charge in [-0.25, -0.2) is 0 Å². The number of hydrogen-bond acceptors (Lipinski definition) is 3. The molecule has 1 aromatic carbocycles. The lowest BCUT2D eigenvalue weighted by molar-refractivity contribution is -0.119. The fourth-order valence-corrected chi connectivity index (χ4v) is 2.00. The summed E-state index contributed by atoms with van der Waals surface area (Å²) in [5, 5.41) is 0. The molecule has 0 atom stereocenters. The molecule has 0 aliphatic carbocycles. The number of fused-ring (bicyclic) bond motifs is 1. The second kappa shape index (κ2) is 3.71. The van der Waals surface area contributed by atoms with Crippen molar-refractivity contribution in [3.8, 4) is 0 Å². The van der Waals surface area contributed by atoms with Gasteiger partial charge in [0.2, 0.25) is 5.91 Å². The standard InChI is InChI=1S/C9H8N2O2S/c12-8-5-14-7-4-2-1-3-6(7)9(13)11-10-8/h1-4H,5H2,(H,10,12)(H,11,13). The van der Waals surface area contributed by atoms with Crippen molar-refractivity contribution in [3.05, 3.63) is 29.8 Å². The first kappa shape index (κ1) is 9.08. The average Bonchev–Trinajstić information content (AvgIpc) is 2.21. The molecule has 5 heteroatoms. The van der Waals surface area contributed by atoms with E-state index in [2.05, 4.69) is 10.9 Å². The first-order valence-corrected chi connectivity index (χ1v) is 5.07. The molecule has 0 bridgehead atoms. The van der Waals surface area contributed by atoms with Gasteiger partial charge in [-0.05, 0) is 12.1 Å². The second-order valence-electron chi connectivity index (χ2n) is 2.79. The van der Waals surface area contributed by atoms with Gasteiger partial charge in [-0.15, -0.1) is 11.8 Å². The number of benzene rings is 1. The highest BCUT2D eigenvalue weighted by molar-refractivity contribution is 8.00. The van der Waals surface area contributed by atoms with Gasteiger partial charge in [-0.3, -0.25) is 20.4 Å². The summed E-state index contributed by atoms with van der Waals surface area (Å²) in [7, 11) is 0. The van der Waals surface area contributed by atoms with Crippen molar-refractivity contribution in [1.82, 2.24) is 10.9 Å². The number of carbonyl (C=O) groups is 2. The zero-order valence-corrected chi connectivity index (χ0v) is 8.06. The minimum Gasteiger partial charge on any atom is -0.272 e. The lowest BCUT2D eigenvalue weighted by Crippen LogP contribution is -2.43. The smallest absolute Gasteiger partial charge is 0.270 e. The molecule has 0 fully saturated rings. The average molecular weight is 208 g/mol. The Morgan fingerprint density at radius 2 is 1.93 bits per heavy atom. The summed E-state index contributed by atoms with van der Waals surface area (Å²) in [6.07, 6.45) is 0. The predicted molar refractivity (Wildman–Crippen MR) is 52.8 cm³/mol. The highest BCUT2D eigenvalue weighted by Crippen LogP contribution is 2.22. The van der Waals surface area contributed by atoms with E-state index < -0.39 is 0 Å². The molecule has 1 heterocycles. The molecular weight excluding hydrogens is 200 g/mol. The number of rotatable bonds is 0. The molecule has 1 aliphatic heterocycles. The van der Waals surface area contributed by atoms with Gasteiger partial charge in [0.1, 0.15) is 0 Å². The second-order valence-corrected chi connectivity index (χ2v) is 3.80. The van der Waals surface area contributed by atoms with Gasteiger partial charge in [-0.1, -0.05) is 12.1 Å². The van der Waals surface area contributed by atoms with Crippen molar-refractivity contribution in [2.24, 2.45) is 0 Å². The van der Waals surface area contributed by atoms with E-state index in [1.807, 2.05) is 12.1 Å². The Hall–Kier alpha value is -1.49. The third kappa shape index (κ3) is 1.72. The van der Waals surface area contributed by atoms with Crippen LogP contribution in [0.1, 0.15) is 10.4 Å². The Balaban J connectivity index is 2.38. The summed E-state index contributed by atoms with van der Waals surface area (Å²) in [6.45, 7) is 0. The fourth-order valence-electron chi connectivity index (χ4n) is 1.15. The first-order valence-electron chi connectivity index (χ1n) is 4.08. The van der Waals surface area contributed by atoms with E-state index in [1.54, 1.807) is 12.1 Å². The molecule has 2 amide bonds. The fraction of sp³-hybridized carbons (Fsp3) is 0.111. The molecule has 2 rings (SSSR count). The molecule has 0 spiro atoms. The largest absolute Gasteiger partial charge is 0.272 e. The first-order chi connectivity index (χ1) is 6.77. The molecule has 0 saturated heterocycles. The third-order valence-corrected chi connectivity index (χ3v) is 2.88. The van der Waals surface area contributed by atoms with Gasteiger partial charge in [-0.2, -0.15) is 0 Å². The summed E-state index contributed by atoms with van der Waals surface area (Å²) in [5.74, 6) is -0.156. The summed E-state index contributed by atoms with van der Waals surface area (Å²) in [4.78, 5) is 23.3. The van der Waals surface area contributed by atoms with Gasteiger partial charge in [0.15, 0.2) is 0 Å². The van der Waals surface area contributed by atoms with Crippen LogP contribution >= 0.6 is 11.8 Å². The van der Waals surface area contributed by atoms with Crippen molar-refractivity contribution < 1.29 is 9.59 Å². The minimum absolute atomic E-state index is 0.196. The Bertz CT molecular complexity index is 392.